The summed E-state index contributed by atoms with van der Waals surface area (Å²) >= 11 is 0. The Kier molecular flexibility index (Phi) is 8.87. The van der Waals surface area contributed by atoms with Gasteiger partial charge in [-0.05, 0) is 55.7 Å². The summed E-state index contributed by atoms with van der Waals surface area (Å²) in [5.41, 5.74) is 2.25. The monoisotopic (exact) mass is 449 g/mol. The largest absolute Gasteiger partial charge is 0.493 e. The average molecular weight is 450 g/mol. The molecule has 0 aromatic heterocycles. The number of oxime groups is 1. The lowest BCUT2D eigenvalue weighted by Gasteiger charge is -2.13. The van der Waals surface area contributed by atoms with E-state index < -0.39 is 22.0 Å². The Hall–Kier alpha value is -3.07. The van der Waals surface area contributed by atoms with E-state index in [-0.39, 0.29) is 5.75 Å². The maximum Gasteiger partial charge on any atom is 0.312 e. The number of carboxylic acid groups (broad SMARTS) is 1. The average Bonchev–Trinajstić information content (AvgIpc) is 2.71. The number of rotatable bonds is 12. The van der Waals surface area contributed by atoms with Crippen molar-refractivity contribution in [2.75, 3.05) is 19.5 Å². The summed E-state index contributed by atoms with van der Waals surface area (Å²) in [6.07, 6.45) is 1.94. The Morgan fingerprint density at radius 2 is 1.61 bits per heavy atom. The summed E-state index contributed by atoms with van der Waals surface area (Å²) in [6, 6.07) is 14.0. The van der Waals surface area contributed by atoms with Crippen LogP contribution in [0.25, 0.3) is 0 Å². The molecular formula is C22H27NO7S. The highest BCUT2D eigenvalue weighted by molar-refractivity contribution is 7.86. The molecule has 2 aromatic rings. The molecule has 8 nitrogen and oxygen atoms in total. The van der Waals surface area contributed by atoms with Gasteiger partial charge in [-0.25, -0.2) is 0 Å². The second-order valence-corrected chi connectivity index (χ2v) is 8.49. The van der Waals surface area contributed by atoms with E-state index >= 15 is 0 Å². The van der Waals surface area contributed by atoms with Crippen LogP contribution >= 0.6 is 0 Å². The first-order valence-electron chi connectivity index (χ1n) is 9.77. The minimum absolute atomic E-state index is 0.268. The van der Waals surface area contributed by atoms with Crippen LogP contribution in [0.15, 0.2) is 53.7 Å². The van der Waals surface area contributed by atoms with Crippen LogP contribution in [0.5, 0.6) is 11.5 Å². The van der Waals surface area contributed by atoms with Gasteiger partial charge in [0.2, 0.25) is 0 Å². The van der Waals surface area contributed by atoms with Crippen molar-refractivity contribution < 1.29 is 32.1 Å². The number of carboxylic acids is 1. The van der Waals surface area contributed by atoms with Crippen LogP contribution in [-0.2, 0) is 32.6 Å². The van der Waals surface area contributed by atoms with E-state index in [0.29, 0.717) is 37.5 Å². The molecule has 1 atom stereocenters. The highest BCUT2D eigenvalue weighted by Gasteiger charge is 2.22. The molecule has 1 unspecified atom stereocenters. The normalized spacial score (nSPS) is 12.8. The van der Waals surface area contributed by atoms with E-state index in [1.807, 2.05) is 12.1 Å². The SMILES string of the molecule is CCON=C(C)C(Cc1ccc(OCCc2ccc(OS(C)(=O)=O)cc2)cc1)C(=O)O. The van der Waals surface area contributed by atoms with Crippen molar-refractivity contribution in [3.05, 3.63) is 59.7 Å². The highest BCUT2D eigenvalue weighted by atomic mass is 32.2. The molecule has 0 bridgehead atoms. The number of aliphatic carboxylic acids is 1. The minimum atomic E-state index is -3.54. The second kappa shape index (κ2) is 11.4. The Bertz CT molecular complexity index is 984. The van der Waals surface area contributed by atoms with Gasteiger partial charge in [-0.2, -0.15) is 8.42 Å². The molecule has 168 valence electrons. The topological polar surface area (TPSA) is 111 Å². The summed E-state index contributed by atoms with van der Waals surface area (Å²) in [6.45, 7) is 4.25. The van der Waals surface area contributed by atoms with E-state index in [2.05, 4.69) is 5.16 Å². The quantitative estimate of drug-likeness (QED) is 0.301. The van der Waals surface area contributed by atoms with Crippen LogP contribution in [0.2, 0.25) is 0 Å². The lowest BCUT2D eigenvalue weighted by atomic mass is 9.95. The van der Waals surface area contributed by atoms with Crippen molar-refractivity contribution in [2.45, 2.75) is 26.7 Å². The van der Waals surface area contributed by atoms with Crippen molar-refractivity contribution in [2.24, 2.45) is 11.1 Å². The Morgan fingerprint density at radius 1 is 1.03 bits per heavy atom. The van der Waals surface area contributed by atoms with Gasteiger partial charge in [0.15, 0.2) is 0 Å². The van der Waals surface area contributed by atoms with Gasteiger partial charge in [-0.15, -0.1) is 0 Å². The molecule has 0 amide bonds. The van der Waals surface area contributed by atoms with Gasteiger partial charge in [0, 0.05) is 6.42 Å². The van der Waals surface area contributed by atoms with Crippen LogP contribution in [0.1, 0.15) is 25.0 Å². The van der Waals surface area contributed by atoms with Crippen molar-refractivity contribution >= 4 is 21.8 Å². The first kappa shape index (κ1) is 24.2. The maximum absolute atomic E-state index is 11.5. The maximum atomic E-state index is 11.5. The van der Waals surface area contributed by atoms with E-state index in [4.69, 9.17) is 13.8 Å². The predicted molar refractivity (Wildman–Crippen MR) is 117 cm³/mol. The van der Waals surface area contributed by atoms with Crippen molar-refractivity contribution in [3.63, 3.8) is 0 Å². The summed E-state index contributed by atoms with van der Waals surface area (Å²) in [5, 5.41) is 13.3. The van der Waals surface area contributed by atoms with Gasteiger partial charge in [0.25, 0.3) is 0 Å². The van der Waals surface area contributed by atoms with E-state index in [0.717, 1.165) is 17.4 Å². The van der Waals surface area contributed by atoms with E-state index in [1.54, 1.807) is 50.2 Å². The summed E-state index contributed by atoms with van der Waals surface area (Å²) in [4.78, 5) is 16.5. The molecule has 0 heterocycles. The Morgan fingerprint density at radius 3 is 2.16 bits per heavy atom. The molecule has 2 rings (SSSR count). The lowest BCUT2D eigenvalue weighted by Crippen LogP contribution is -2.24. The molecule has 2 aromatic carbocycles. The fourth-order valence-electron chi connectivity index (χ4n) is 2.77. The predicted octanol–water partition coefficient (Wildman–Crippen LogP) is 3.30. The van der Waals surface area contributed by atoms with Crippen LogP contribution in [-0.4, -0.2) is 44.7 Å². The Balaban J connectivity index is 1.87. The molecule has 0 aliphatic rings. The molecule has 0 saturated carbocycles. The third-order valence-electron chi connectivity index (χ3n) is 4.33. The van der Waals surface area contributed by atoms with Crippen LogP contribution in [0.4, 0.5) is 0 Å². The molecule has 0 saturated heterocycles. The molecule has 1 N–H and O–H groups in total. The number of hydrogen-bond donors (Lipinski definition) is 1. The minimum Gasteiger partial charge on any atom is -0.493 e. The number of nitrogens with zero attached hydrogens (tertiary/aromatic N) is 1. The number of benzene rings is 2. The molecule has 9 heteroatoms. The summed E-state index contributed by atoms with van der Waals surface area (Å²) < 4.78 is 32.8. The molecule has 0 radical (unpaired) electrons. The van der Waals surface area contributed by atoms with Gasteiger partial charge in [0.05, 0.1) is 18.6 Å². The second-order valence-electron chi connectivity index (χ2n) is 6.92. The van der Waals surface area contributed by atoms with Gasteiger partial charge in [0.1, 0.15) is 24.0 Å². The molecule has 0 fully saturated rings. The van der Waals surface area contributed by atoms with Gasteiger partial charge in [-0.3, -0.25) is 4.79 Å². The zero-order chi connectivity index (χ0) is 22.9. The van der Waals surface area contributed by atoms with Crippen molar-refractivity contribution in [3.8, 4) is 11.5 Å². The van der Waals surface area contributed by atoms with Gasteiger partial charge >= 0.3 is 16.1 Å². The van der Waals surface area contributed by atoms with Crippen LogP contribution in [0.3, 0.4) is 0 Å². The van der Waals surface area contributed by atoms with Crippen LogP contribution in [0, 0.1) is 5.92 Å². The van der Waals surface area contributed by atoms with Gasteiger partial charge < -0.3 is 18.9 Å². The lowest BCUT2D eigenvalue weighted by molar-refractivity contribution is -0.139. The first-order chi connectivity index (χ1) is 14.7. The van der Waals surface area contributed by atoms with Crippen LogP contribution < -0.4 is 8.92 Å². The standard InChI is InChI=1S/C22H27NO7S/c1-4-29-23-16(2)21(22(24)25)15-18-7-9-19(10-8-18)28-14-13-17-5-11-20(12-6-17)30-31(3,26)27/h5-12,21H,4,13-15H2,1-3H3,(H,24,25). The Labute approximate surface area is 182 Å². The molecule has 31 heavy (non-hydrogen) atoms. The third-order valence-corrected chi connectivity index (χ3v) is 4.83. The zero-order valence-corrected chi connectivity index (χ0v) is 18.6. The molecule has 0 aliphatic heterocycles. The fourth-order valence-corrected chi connectivity index (χ4v) is 3.24. The number of carbonyl (C=O) groups is 1. The number of ether oxygens (including phenoxy) is 1. The first-order valence-corrected chi connectivity index (χ1v) is 11.6. The summed E-state index contributed by atoms with van der Waals surface area (Å²) in [7, 11) is -3.54. The molecule has 0 spiro atoms. The van der Waals surface area contributed by atoms with Crippen molar-refractivity contribution in [1.82, 2.24) is 0 Å². The number of hydrogen-bond acceptors (Lipinski definition) is 7. The summed E-state index contributed by atoms with van der Waals surface area (Å²) in [5.74, 6) is -0.765. The van der Waals surface area contributed by atoms with E-state index in [1.165, 1.54) is 0 Å². The van der Waals surface area contributed by atoms with E-state index in [9.17, 15) is 18.3 Å². The fraction of sp³-hybridized carbons (Fsp3) is 0.364. The zero-order valence-electron chi connectivity index (χ0n) is 17.8. The highest BCUT2D eigenvalue weighted by Crippen LogP contribution is 2.18. The molecule has 0 aliphatic carbocycles. The smallest absolute Gasteiger partial charge is 0.312 e. The van der Waals surface area contributed by atoms with Gasteiger partial charge in [-0.1, -0.05) is 29.4 Å². The third kappa shape index (κ3) is 8.67. The van der Waals surface area contributed by atoms with Crippen molar-refractivity contribution in [1.29, 1.82) is 0 Å². The molecular weight excluding hydrogens is 422 g/mol.